The molecule has 0 radical (unpaired) electrons. The Labute approximate surface area is 159 Å². The van der Waals surface area contributed by atoms with Crippen LogP contribution in [0.3, 0.4) is 0 Å². The van der Waals surface area contributed by atoms with E-state index in [-0.39, 0.29) is 17.7 Å². The molecule has 0 saturated carbocycles. The summed E-state index contributed by atoms with van der Waals surface area (Å²) >= 11 is 0. The maximum absolute atomic E-state index is 14.0. The lowest BCUT2D eigenvalue weighted by molar-refractivity contribution is -0.138. The van der Waals surface area contributed by atoms with Crippen LogP contribution in [0.1, 0.15) is 22.3 Å². The summed E-state index contributed by atoms with van der Waals surface area (Å²) in [7, 11) is -2.70. The van der Waals surface area contributed by atoms with Crippen LogP contribution in [0.15, 0.2) is 41.3 Å². The van der Waals surface area contributed by atoms with Gasteiger partial charge >= 0.3 is 6.18 Å². The number of sulfone groups is 1. The Morgan fingerprint density at radius 3 is 2.32 bits per heavy atom. The molecular formula is C19H15F4NO3S. The van der Waals surface area contributed by atoms with Crippen LogP contribution in [-0.2, 0) is 22.4 Å². The van der Waals surface area contributed by atoms with Crippen molar-refractivity contribution < 1.29 is 30.7 Å². The maximum atomic E-state index is 14.0. The first kappa shape index (κ1) is 21.4. The normalized spacial score (nSPS) is 12.5. The molecule has 28 heavy (non-hydrogen) atoms. The fourth-order valence-corrected chi connectivity index (χ4v) is 3.01. The van der Waals surface area contributed by atoms with Gasteiger partial charge in [0.15, 0.2) is 9.84 Å². The van der Waals surface area contributed by atoms with Gasteiger partial charge in [0.05, 0.1) is 12.7 Å². The number of ether oxygens (including phenoxy) is 1. The van der Waals surface area contributed by atoms with Gasteiger partial charge in [-0.25, -0.2) is 12.8 Å². The highest BCUT2D eigenvalue weighted by molar-refractivity contribution is 7.95. The van der Waals surface area contributed by atoms with Crippen LogP contribution in [0.4, 0.5) is 17.6 Å². The second-order valence-corrected chi connectivity index (χ2v) is 7.94. The van der Waals surface area contributed by atoms with Gasteiger partial charge in [-0.05, 0) is 47.9 Å². The molecule has 9 heteroatoms. The molecule has 148 valence electrons. The van der Waals surface area contributed by atoms with E-state index < -0.39 is 32.3 Å². The van der Waals surface area contributed by atoms with Crippen molar-refractivity contribution in [1.29, 1.82) is 5.26 Å². The number of nitriles is 1. The Balaban J connectivity index is 2.44. The predicted octanol–water partition coefficient (Wildman–Crippen LogP) is 4.35. The van der Waals surface area contributed by atoms with E-state index in [2.05, 4.69) is 0 Å². The van der Waals surface area contributed by atoms with Crippen LogP contribution in [-0.4, -0.2) is 21.8 Å². The topological polar surface area (TPSA) is 67.2 Å². The van der Waals surface area contributed by atoms with Crippen molar-refractivity contribution in [1.82, 2.24) is 0 Å². The largest absolute Gasteiger partial charge is 0.496 e. The van der Waals surface area contributed by atoms with E-state index in [9.17, 15) is 26.0 Å². The smallest absolute Gasteiger partial charge is 0.419 e. The number of hydrogen-bond donors (Lipinski definition) is 0. The Hall–Kier alpha value is -2.86. The summed E-state index contributed by atoms with van der Waals surface area (Å²) in [5.74, 6) is -1.07. The molecule has 0 heterocycles. The van der Waals surface area contributed by atoms with E-state index in [1.807, 2.05) is 0 Å². The van der Waals surface area contributed by atoms with Crippen LogP contribution in [0.25, 0.3) is 6.08 Å². The van der Waals surface area contributed by atoms with Gasteiger partial charge in [0.2, 0.25) is 0 Å². The monoisotopic (exact) mass is 413 g/mol. The number of halogens is 4. The molecule has 0 atom stereocenters. The minimum atomic E-state index is -4.60. The summed E-state index contributed by atoms with van der Waals surface area (Å²) in [6, 6.07) is 8.79. The third-order valence-corrected chi connectivity index (χ3v) is 4.84. The molecule has 0 fully saturated rings. The van der Waals surface area contributed by atoms with E-state index in [1.54, 1.807) is 0 Å². The van der Waals surface area contributed by atoms with Crippen LogP contribution in [0.2, 0.25) is 0 Å². The fraction of sp³-hybridized carbons (Fsp3) is 0.211. The highest BCUT2D eigenvalue weighted by Gasteiger charge is 2.34. The second-order valence-electron chi connectivity index (χ2n) is 5.96. The first-order valence-electron chi connectivity index (χ1n) is 7.80. The summed E-state index contributed by atoms with van der Waals surface area (Å²) in [6.07, 6.45) is -2.85. The number of methoxy groups -OCH3 is 1. The van der Waals surface area contributed by atoms with Crippen molar-refractivity contribution in [3.63, 3.8) is 0 Å². The molecule has 2 aromatic carbocycles. The second kappa shape index (κ2) is 8.02. The van der Waals surface area contributed by atoms with Gasteiger partial charge in [-0.3, -0.25) is 0 Å². The fourth-order valence-electron chi connectivity index (χ4n) is 2.50. The molecule has 0 saturated heterocycles. The standard InChI is InChI=1S/C19H15F4NO3S/c1-27-18-6-4-13(9-16(18)19(21,22)23)7-12-3-5-17(20)14(8-12)10-15(11-24)28(2,25)26/h3-6,8-10H,7H2,1-2H3/b15-10+. The number of nitrogens with zero attached hydrogens (tertiary/aromatic N) is 1. The first-order valence-corrected chi connectivity index (χ1v) is 9.69. The van der Waals surface area contributed by atoms with Crippen LogP contribution in [0.5, 0.6) is 5.75 Å². The zero-order chi connectivity index (χ0) is 21.1. The van der Waals surface area contributed by atoms with Crippen molar-refractivity contribution >= 4 is 15.9 Å². The quantitative estimate of drug-likeness (QED) is 0.540. The average Bonchev–Trinajstić information content (AvgIpc) is 2.60. The molecular weight excluding hydrogens is 398 g/mol. The molecule has 0 aromatic heterocycles. The van der Waals surface area contributed by atoms with Gasteiger partial charge in [0.1, 0.15) is 22.5 Å². The van der Waals surface area contributed by atoms with Crippen LogP contribution < -0.4 is 4.74 Å². The van der Waals surface area contributed by atoms with Gasteiger partial charge in [0.25, 0.3) is 0 Å². The molecule has 0 aliphatic carbocycles. The SMILES string of the molecule is COc1ccc(Cc2ccc(F)c(/C=C(\C#N)S(C)(=O)=O)c2)cc1C(F)(F)F. The van der Waals surface area contributed by atoms with Gasteiger partial charge in [-0.1, -0.05) is 12.1 Å². The predicted molar refractivity (Wildman–Crippen MR) is 95.6 cm³/mol. The molecule has 0 unspecified atom stereocenters. The Bertz CT molecular complexity index is 1070. The summed E-state index contributed by atoms with van der Waals surface area (Å²) < 4.78 is 81.2. The van der Waals surface area contributed by atoms with Crippen LogP contribution >= 0.6 is 0 Å². The van der Waals surface area contributed by atoms with E-state index in [0.29, 0.717) is 11.1 Å². The lowest BCUT2D eigenvalue weighted by Gasteiger charge is -2.13. The number of hydrogen-bond acceptors (Lipinski definition) is 4. The van der Waals surface area contributed by atoms with Crippen molar-refractivity contribution in [2.45, 2.75) is 12.6 Å². The Kier molecular flexibility index (Phi) is 6.14. The number of benzene rings is 2. The van der Waals surface area contributed by atoms with Gasteiger partial charge < -0.3 is 4.74 Å². The molecule has 0 spiro atoms. The Morgan fingerprint density at radius 2 is 1.79 bits per heavy atom. The van der Waals surface area contributed by atoms with Crippen molar-refractivity contribution in [3.05, 3.63) is 69.4 Å². The molecule has 2 aromatic rings. The summed E-state index contributed by atoms with van der Waals surface area (Å²) in [4.78, 5) is -0.618. The first-order chi connectivity index (χ1) is 13.0. The van der Waals surface area contributed by atoms with E-state index in [1.165, 1.54) is 30.3 Å². The third kappa shape index (κ3) is 5.10. The molecule has 0 aliphatic rings. The third-order valence-electron chi connectivity index (χ3n) is 3.83. The van der Waals surface area contributed by atoms with Gasteiger partial charge in [-0.2, -0.15) is 18.4 Å². The van der Waals surface area contributed by atoms with E-state index in [0.717, 1.165) is 31.6 Å². The minimum Gasteiger partial charge on any atom is -0.496 e. The van der Waals surface area contributed by atoms with E-state index in [4.69, 9.17) is 10.00 Å². The number of rotatable bonds is 5. The number of alkyl halides is 3. The molecule has 0 amide bonds. The molecule has 4 nitrogen and oxygen atoms in total. The highest BCUT2D eigenvalue weighted by Crippen LogP contribution is 2.37. The minimum absolute atomic E-state index is 0.0367. The zero-order valence-corrected chi connectivity index (χ0v) is 15.7. The highest BCUT2D eigenvalue weighted by atomic mass is 32.2. The van der Waals surface area contributed by atoms with E-state index >= 15 is 0 Å². The molecule has 2 rings (SSSR count). The number of allylic oxidation sites excluding steroid dienone is 1. The average molecular weight is 413 g/mol. The molecule has 0 bridgehead atoms. The summed E-state index contributed by atoms with van der Waals surface area (Å²) in [6.45, 7) is 0. The molecule has 0 N–H and O–H groups in total. The van der Waals surface area contributed by atoms with Crippen molar-refractivity contribution in [2.75, 3.05) is 13.4 Å². The lowest BCUT2D eigenvalue weighted by atomic mass is 10.00. The Morgan fingerprint density at radius 1 is 1.18 bits per heavy atom. The van der Waals surface area contributed by atoms with Crippen molar-refractivity contribution in [2.24, 2.45) is 0 Å². The zero-order valence-electron chi connectivity index (χ0n) is 14.8. The van der Waals surface area contributed by atoms with Gasteiger partial charge in [-0.15, -0.1) is 0 Å². The van der Waals surface area contributed by atoms with Crippen LogP contribution in [0, 0.1) is 17.1 Å². The summed E-state index contributed by atoms with van der Waals surface area (Å²) in [5, 5.41) is 8.94. The summed E-state index contributed by atoms with van der Waals surface area (Å²) in [5.41, 5.74) is -0.336. The molecule has 0 aliphatic heterocycles. The van der Waals surface area contributed by atoms with Crippen molar-refractivity contribution in [3.8, 4) is 11.8 Å². The maximum Gasteiger partial charge on any atom is 0.419 e. The van der Waals surface area contributed by atoms with Gasteiger partial charge in [0, 0.05) is 11.8 Å². The lowest BCUT2D eigenvalue weighted by Crippen LogP contribution is -2.08.